The molecular weight excluding hydrogens is 282 g/mol. The van der Waals surface area contributed by atoms with Gasteiger partial charge >= 0.3 is 5.97 Å². The van der Waals surface area contributed by atoms with E-state index >= 15 is 0 Å². The molecular formula is C12H15N3O4S. The molecule has 2 amide bonds. The molecule has 0 bridgehead atoms. The van der Waals surface area contributed by atoms with Crippen LogP contribution in [-0.4, -0.2) is 33.9 Å². The highest BCUT2D eigenvalue weighted by Gasteiger charge is 2.34. The van der Waals surface area contributed by atoms with E-state index in [0.717, 1.165) is 17.8 Å². The molecule has 20 heavy (non-hydrogen) atoms. The Kier molecular flexibility index (Phi) is 4.33. The zero-order chi connectivity index (χ0) is 14.7. The van der Waals surface area contributed by atoms with Crippen LogP contribution in [0.15, 0.2) is 5.38 Å². The number of hydrogen-bond donors (Lipinski definition) is 3. The van der Waals surface area contributed by atoms with Gasteiger partial charge in [0.2, 0.25) is 5.91 Å². The summed E-state index contributed by atoms with van der Waals surface area (Å²) in [6, 6.07) is -0.356. The number of carbonyl (C=O) groups excluding carboxylic acids is 2. The molecule has 2 rings (SSSR count). The number of carbonyl (C=O) groups is 3. The van der Waals surface area contributed by atoms with Crippen molar-refractivity contribution in [3.05, 3.63) is 11.1 Å². The molecule has 1 aromatic heterocycles. The lowest BCUT2D eigenvalue weighted by Gasteiger charge is -2.16. The molecule has 1 aliphatic carbocycles. The van der Waals surface area contributed by atoms with E-state index in [9.17, 15) is 14.4 Å². The highest BCUT2D eigenvalue weighted by molar-refractivity contribution is 7.14. The summed E-state index contributed by atoms with van der Waals surface area (Å²) in [6.45, 7) is 1.36. The molecule has 0 radical (unpaired) electrons. The average molecular weight is 297 g/mol. The fraction of sp³-hybridized carbons (Fsp3) is 0.500. The Hall–Kier alpha value is -1.96. The molecule has 1 heterocycles. The molecule has 3 N–H and O–H groups in total. The molecule has 1 saturated carbocycles. The number of aliphatic carboxylic acids is 1. The number of thiazole rings is 1. The Morgan fingerprint density at radius 3 is 2.80 bits per heavy atom. The first-order valence-corrected chi connectivity index (χ1v) is 7.12. The predicted molar refractivity (Wildman–Crippen MR) is 72.6 cm³/mol. The van der Waals surface area contributed by atoms with Gasteiger partial charge < -0.3 is 15.7 Å². The zero-order valence-corrected chi connectivity index (χ0v) is 11.7. The van der Waals surface area contributed by atoms with Crippen molar-refractivity contribution in [1.82, 2.24) is 10.3 Å². The van der Waals surface area contributed by atoms with Gasteiger partial charge in [-0.2, -0.15) is 0 Å². The molecule has 0 spiro atoms. The predicted octanol–water partition coefficient (Wildman–Crippen LogP) is 1.08. The number of nitrogens with zero attached hydrogens (tertiary/aromatic N) is 1. The van der Waals surface area contributed by atoms with Crippen LogP contribution in [0.2, 0.25) is 0 Å². The maximum absolute atomic E-state index is 12.0. The Labute approximate surface area is 119 Å². The highest BCUT2D eigenvalue weighted by Crippen LogP contribution is 2.26. The second-order valence-corrected chi connectivity index (χ2v) is 5.53. The van der Waals surface area contributed by atoms with E-state index in [2.05, 4.69) is 15.6 Å². The summed E-state index contributed by atoms with van der Waals surface area (Å²) >= 11 is 1.15. The third-order valence-electron chi connectivity index (χ3n) is 3.17. The minimum absolute atomic E-state index is 0.190. The van der Waals surface area contributed by atoms with Crippen LogP contribution in [0.3, 0.4) is 0 Å². The largest absolute Gasteiger partial charge is 0.481 e. The second-order valence-electron chi connectivity index (χ2n) is 4.67. The summed E-state index contributed by atoms with van der Waals surface area (Å²) in [5.41, 5.74) is 0.190. The van der Waals surface area contributed by atoms with E-state index in [1.165, 1.54) is 12.3 Å². The smallest absolute Gasteiger partial charge is 0.308 e. The Bertz CT molecular complexity index is 543. The maximum atomic E-state index is 12.0. The van der Waals surface area contributed by atoms with Crippen molar-refractivity contribution in [3.63, 3.8) is 0 Å². The van der Waals surface area contributed by atoms with Crippen LogP contribution in [-0.2, 0) is 9.59 Å². The summed E-state index contributed by atoms with van der Waals surface area (Å²) in [5.74, 6) is -2.08. The van der Waals surface area contributed by atoms with Gasteiger partial charge in [0.15, 0.2) is 5.13 Å². The van der Waals surface area contributed by atoms with Gasteiger partial charge in [-0.1, -0.05) is 6.42 Å². The number of anilines is 1. The van der Waals surface area contributed by atoms with Crippen molar-refractivity contribution in [2.75, 3.05) is 5.32 Å². The third-order valence-corrected chi connectivity index (χ3v) is 3.93. The minimum atomic E-state index is -0.884. The third kappa shape index (κ3) is 3.32. The summed E-state index contributed by atoms with van der Waals surface area (Å²) in [6.07, 6.45) is 2.02. The molecule has 108 valence electrons. The number of rotatable bonds is 4. The van der Waals surface area contributed by atoms with Crippen LogP contribution in [0.5, 0.6) is 0 Å². The number of hydrogen-bond acceptors (Lipinski definition) is 5. The number of carboxylic acid groups (broad SMARTS) is 1. The quantitative estimate of drug-likeness (QED) is 0.770. The van der Waals surface area contributed by atoms with Gasteiger partial charge in [-0.15, -0.1) is 11.3 Å². The molecule has 0 saturated heterocycles. The first-order chi connectivity index (χ1) is 9.47. The Morgan fingerprint density at radius 1 is 1.40 bits per heavy atom. The number of aromatic nitrogens is 1. The van der Waals surface area contributed by atoms with E-state index in [0.29, 0.717) is 18.0 Å². The highest BCUT2D eigenvalue weighted by atomic mass is 32.1. The van der Waals surface area contributed by atoms with E-state index in [1.807, 2.05) is 0 Å². The normalized spacial score (nSPS) is 21.4. The summed E-state index contributed by atoms with van der Waals surface area (Å²) in [4.78, 5) is 37.9. The van der Waals surface area contributed by atoms with E-state index < -0.39 is 17.8 Å². The van der Waals surface area contributed by atoms with E-state index in [1.54, 1.807) is 0 Å². The lowest BCUT2D eigenvalue weighted by atomic mass is 10.0. The number of amides is 2. The van der Waals surface area contributed by atoms with Crippen LogP contribution < -0.4 is 10.6 Å². The standard InChI is InChI=1S/C12H15N3O4S/c1-6(16)13-12-15-9(5-20-12)10(17)14-8-4-2-3-7(8)11(18)19/h5,7-8H,2-4H2,1H3,(H,14,17)(H,18,19)(H,13,15,16). The van der Waals surface area contributed by atoms with Crippen LogP contribution in [0.25, 0.3) is 0 Å². The summed E-state index contributed by atoms with van der Waals surface area (Å²) < 4.78 is 0. The molecule has 2 atom stereocenters. The lowest BCUT2D eigenvalue weighted by molar-refractivity contribution is -0.142. The van der Waals surface area contributed by atoms with Gasteiger partial charge in [0.1, 0.15) is 5.69 Å². The zero-order valence-electron chi connectivity index (χ0n) is 10.9. The van der Waals surface area contributed by atoms with Crippen molar-refractivity contribution < 1.29 is 19.5 Å². The first kappa shape index (κ1) is 14.4. The van der Waals surface area contributed by atoms with Crippen molar-refractivity contribution in [1.29, 1.82) is 0 Å². The molecule has 7 nitrogen and oxygen atoms in total. The van der Waals surface area contributed by atoms with Crippen LogP contribution >= 0.6 is 11.3 Å². The van der Waals surface area contributed by atoms with Crippen LogP contribution in [0.1, 0.15) is 36.7 Å². The fourth-order valence-corrected chi connectivity index (χ4v) is 2.99. The summed E-state index contributed by atoms with van der Waals surface area (Å²) in [5, 5.41) is 16.1. The maximum Gasteiger partial charge on any atom is 0.308 e. The van der Waals surface area contributed by atoms with Crippen molar-refractivity contribution in [2.45, 2.75) is 32.2 Å². The molecule has 2 unspecified atom stereocenters. The van der Waals surface area contributed by atoms with Crippen molar-refractivity contribution >= 4 is 34.3 Å². The van der Waals surface area contributed by atoms with Crippen molar-refractivity contribution in [2.24, 2.45) is 5.92 Å². The van der Waals surface area contributed by atoms with Crippen LogP contribution in [0, 0.1) is 5.92 Å². The van der Waals surface area contributed by atoms with Crippen molar-refractivity contribution in [3.8, 4) is 0 Å². The van der Waals surface area contributed by atoms with Gasteiger partial charge in [-0.3, -0.25) is 14.4 Å². The molecule has 1 aliphatic rings. The summed E-state index contributed by atoms with van der Waals surface area (Å²) in [7, 11) is 0. The van der Waals surface area contributed by atoms with Gasteiger partial charge in [-0.25, -0.2) is 4.98 Å². The number of nitrogens with one attached hydrogen (secondary N) is 2. The average Bonchev–Trinajstić information content (AvgIpc) is 2.97. The molecule has 8 heteroatoms. The molecule has 0 aliphatic heterocycles. The van der Waals surface area contributed by atoms with E-state index in [-0.39, 0.29) is 17.6 Å². The Morgan fingerprint density at radius 2 is 2.15 bits per heavy atom. The Balaban J connectivity index is 1.99. The fourth-order valence-electron chi connectivity index (χ4n) is 2.26. The number of carboxylic acids is 1. The van der Waals surface area contributed by atoms with Gasteiger partial charge in [0, 0.05) is 18.3 Å². The minimum Gasteiger partial charge on any atom is -0.481 e. The van der Waals surface area contributed by atoms with Gasteiger partial charge in [-0.05, 0) is 12.8 Å². The lowest BCUT2D eigenvalue weighted by Crippen LogP contribution is -2.40. The van der Waals surface area contributed by atoms with E-state index in [4.69, 9.17) is 5.11 Å². The van der Waals surface area contributed by atoms with Crippen LogP contribution in [0.4, 0.5) is 5.13 Å². The molecule has 1 fully saturated rings. The van der Waals surface area contributed by atoms with Gasteiger partial charge in [0.05, 0.1) is 5.92 Å². The SMILES string of the molecule is CC(=O)Nc1nc(C(=O)NC2CCCC2C(=O)O)cs1. The monoisotopic (exact) mass is 297 g/mol. The molecule has 0 aromatic carbocycles. The first-order valence-electron chi connectivity index (χ1n) is 6.24. The molecule has 1 aromatic rings. The van der Waals surface area contributed by atoms with Gasteiger partial charge in [0.25, 0.3) is 5.91 Å². The second kappa shape index (κ2) is 6.00. The topological polar surface area (TPSA) is 108 Å².